The van der Waals surface area contributed by atoms with E-state index in [1.165, 1.54) is 12.8 Å². The van der Waals surface area contributed by atoms with Crippen molar-refractivity contribution in [3.8, 4) is 0 Å². The van der Waals surface area contributed by atoms with E-state index in [0.29, 0.717) is 0 Å². The van der Waals surface area contributed by atoms with Gasteiger partial charge < -0.3 is 0 Å². The lowest BCUT2D eigenvalue weighted by atomic mass is 9.97. The van der Waals surface area contributed by atoms with Crippen LogP contribution in [0.5, 0.6) is 0 Å². The Morgan fingerprint density at radius 1 is 1.57 bits per heavy atom. The van der Waals surface area contributed by atoms with Crippen LogP contribution in [0.1, 0.15) is 33.1 Å². The number of hydrazine groups is 1. The molecule has 0 saturated carbocycles. The highest BCUT2D eigenvalue weighted by Crippen LogP contribution is 2.19. The summed E-state index contributed by atoms with van der Waals surface area (Å²) in [5, 5.41) is 0. The van der Waals surface area contributed by atoms with Crippen LogP contribution in [0.15, 0.2) is 0 Å². The topological polar surface area (TPSA) is 58.4 Å². The maximum Gasteiger partial charge on any atom is 0.251 e. The Balaban J connectivity index is 2.48. The highest BCUT2D eigenvalue weighted by molar-refractivity contribution is 5.81. The van der Waals surface area contributed by atoms with Crippen LogP contribution < -0.4 is 11.3 Å². The van der Waals surface area contributed by atoms with E-state index in [0.717, 1.165) is 25.4 Å². The van der Waals surface area contributed by atoms with Crippen molar-refractivity contribution in [2.24, 2.45) is 11.8 Å². The Kier molecular flexibility index (Phi) is 4.35. The van der Waals surface area contributed by atoms with Crippen LogP contribution in [0, 0.1) is 5.92 Å². The van der Waals surface area contributed by atoms with Gasteiger partial charge in [0.05, 0.1) is 6.04 Å². The van der Waals surface area contributed by atoms with Crippen LogP contribution in [0.3, 0.4) is 0 Å². The Morgan fingerprint density at radius 3 is 2.57 bits per heavy atom. The van der Waals surface area contributed by atoms with E-state index in [-0.39, 0.29) is 11.9 Å². The van der Waals surface area contributed by atoms with Crippen molar-refractivity contribution < 1.29 is 4.79 Å². The molecule has 0 aromatic carbocycles. The lowest BCUT2D eigenvalue weighted by Crippen LogP contribution is -2.51. The number of rotatable bonds is 3. The van der Waals surface area contributed by atoms with Gasteiger partial charge in [0.2, 0.25) is 0 Å². The van der Waals surface area contributed by atoms with Gasteiger partial charge in [-0.25, -0.2) is 5.84 Å². The Bertz CT molecular complexity index is 188. The van der Waals surface area contributed by atoms with Crippen LogP contribution in [0.2, 0.25) is 0 Å². The maximum atomic E-state index is 11.4. The number of nitrogens with one attached hydrogen (secondary N) is 1. The number of carbonyl (C=O) groups is 1. The van der Waals surface area contributed by atoms with E-state index < -0.39 is 0 Å². The average Bonchev–Trinajstić information content (AvgIpc) is 2.21. The molecule has 0 aromatic rings. The molecule has 1 atom stereocenters. The molecule has 0 spiro atoms. The third-order valence-corrected chi connectivity index (χ3v) is 3.09. The zero-order valence-corrected chi connectivity index (χ0v) is 9.12. The summed E-state index contributed by atoms with van der Waals surface area (Å²) in [5.74, 6) is 5.90. The number of hydrogen-bond donors (Lipinski definition) is 2. The zero-order chi connectivity index (χ0) is 10.6. The molecule has 0 bridgehead atoms. The maximum absolute atomic E-state index is 11.4. The quantitative estimate of drug-likeness (QED) is 0.395. The zero-order valence-electron chi connectivity index (χ0n) is 9.12. The first-order chi connectivity index (χ1) is 6.69. The summed E-state index contributed by atoms with van der Waals surface area (Å²) >= 11 is 0. The molecule has 1 heterocycles. The van der Waals surface area contributed by atoms with Crippen LogP contribution in [0.25, 0.3) is 0 Å². The molecular formula is C10H21N3O. The Labute approximate surface area is 85.8 Å². The lowest BCUT2D eigenvalue weighted by molar-refractivity contribution is -0.127. The summed E-state index contributed by atoms with van der Waals surface area (Å²) in [5.41, 5.74) is 2.24. The normalized spacial score (nSPS) is 21.9. The predicted molar refractivity (Wildman–Crippen MR) is 56.4 cm³/mol. The smallest absolute Gasteiger partial charge is 0.251 e. The van der Waals surface area contributed by atoms with Crippen LogP contribution in [0.4, 0.5) is 0 Å². The molecule has 14 heavy (non-hydrogen) atoms. The number of nitrogens with two attached hydrogens (primary N) is 1. The average molecular weight is 199 g/mol. The number of hydrogen-bond acceptors (Lipinski definition) is 3. The van der Waals surface area contributed by atoms with E-state index in [1.807, 2.05) is 6.92 Å². The van der Waals surface area contributed by atoms with Gasteiger partial charge in [-0.3, -0.25) is 15.1 Å². The van der Waals surface area contributed by atoms with E-state index in [1.54, 1.807) is 0 Å². The minimum atomic E-state index is -0.0537. The van der Waals surface area contributed by atoms with E-state index in [9.17, 15) is 4.79 Å². The van der Waals surface area contributed by atoms with Crippen molar-refractivity contribution in [2.75, 3.05) is 13.1 Å². The SMILES string of the molecule is CCC(C(=O)NN)N1CCC(C)CC1. The van der Waals surface area contributed by atoms with Gasteiger partial charge in [0.15, 0.2) is 0 Å². The summed E-state index contributed by atoms with van der Waals surface area (Å²) in [4.78, 5) is 13.7. The molecule has 4 nitrogen and oxygen atoms in total. The van der Waals surface area contributed by atoms with Gasteiger partial charge in [-0.05, 0) is 38.3 Å². The Morgan fingerprint density at radius 2 is 2.14 bits per heavy atom. The second-order valence-corrected chi connectivity index (χ2v) is 4.15. The van der Waals surface area contributed by atoms with Gasteiger partial charge in [0, 0.05) is 0 Å². The highest BCUT2D eigenvalue weighted by Gasteiger charge is 2.26. The molecule has 1 aliphatic rings. The van der Waals surface area contributed by atoms with E-state index >= 15 is 0 Å². The van der Waals surface area contributed by atoms with Gasteiger partial charge in [0.1, 0.15) is 0 Å². The first-order valence-electron chi connectivity index (χ1n) is 5.43. The number of carbonyl (C=O) groups excluding carboxylic acids is 1. The summed E-state index contributed by atoms with van der Waals surface area (Å²) < 4.78 is 0. The molecule has 0 radical (unpaired) electrons. The minimum Gasteiger partial charge on any atom is -0.293 e. The third kappa shape index (κ3) is 2.69. The van der Waals surface area contributed by atoms with E-state index in [2.05, 4.69) is 17.2 Å². The first kappa shape index (κ1) is 11.5. The number of nitrogens with zero attached hydrogens (tertiary/aromatic N) is 1. The molecule has 1 unspecified atom stereocenters. The van der Waals surface area contributed by atoms with Crippen molar-refractivity contribution in [1.82, 2.24) is 10.3 Å². The molecule has 82 valence electrons. The summed E-state index contributed by atoms with van der Waals surface area (Å²) in [7, 11) is 0. The van der Waals surface area contributed by atoms with Gasteiger partial charge >= 0.3 is 0 Å². The van der Waals surface area contributed by atoms with Gasteiger partial charge in [-0.2, -0.15) is 0 Å². The fraction of sp³-hybridized carbons (Fsp3) is 0.900. The number of amides is 1. The van der Waals surface area contributed by atoms with Crippen molar-refractivity contribution in [2.45, 2.75) is 39.2 Å². The molecule has 1 aliphatic heterocycles. The fourth-order valence-electron chi connectivity index (χ4n) is 2.05. The molecule has 1 amide bonds. The van der Waals surface area contributed by atoms with Crippen molar-refractivity contribution in [3.05, 3.63) is 0 Å². The molecule has 1 saturated heterocycles. The van der Waals surface area contributed by atoms with Crippen LogP contribution in [-0.2, 0) is 4.79 Å². The first-order valence-corrected chi connectivity index (χ1v) is 5.43. The van der Waals surface area contributed by atoms with Crippen LogP contribution >= 0.6 is 0 Å². The van der Waals surface area contributed by atoms with Crippen LogP contribution in [-0.4, -0.2) is 29.9 Å². The van der Waals surface area contributed by atoms with Crippen molar-refractivity contribution in [1.29, 1.82) is 0 Å². The third-order valence-electron chi connectivity index (χ3n) is 3.09. The molecule has 0 aromatic heterocycles. The second kappa shape index (κ2) is 5.32. The standard InChI is InChI=1S/C10H21N3O/c1-3-9(10(14)12-11)13-6-4-8(2)5-7-13/h8-9H,3-7,11H2,1-2H3,(H,12,14). The molecule has 4 heteroatoms. The summed E-state index contributed by atoms with van der Waals surface area (Å²) in [6.45, 7) is 6.33. The highest BCUT2D eigenvalue weighted by atomic mass is 16.2. The van der Waals surface area contributed by atoms with Crippen molar-refractivity contribution in [3.63, 3.8) is 0 Å². The molecule has 1 rings (SSSR count). The fourth-order valence-corrected chi connectivity index (χ4v) is 2.05. The molecule has 3 N–H and O–H groups in total. The van der Waals surface area contributed by atoms with Gasteiger partial charge in [-0.15, -0.1) is 0 Å². The number of likely N-dealkylation sites (tertiary alicyclic amines) is 1. The molecule has 1 fully saturated rings. The van der Waals surface area contributed by atoms with Gasteiger partial charge in [-0.1, -0.05) is 13.8 Å². The van der Waals surface area contributed by atoms with Crippen molar-refractivity contribution >= 4 is 5.91 Å². The number of piperidine rings is 1. The summed E-state index contributed by atoms with van der Waals surface area (Å²) in [6, 6.07) is -0.0347. The van der Waals surface area contributed by atoms with Gasteiger partial charge in [0.25, 0.3) is 5.91 Å². The molecule has 0 aliphatic carbocycles. The predicted octanol–water partition coefficient (Wildman–Crippen LogP) is 0.487. The largest absolute Gasteiger partial charge is 0.293 e. The second-order valence-electron chi connectivity index (χ2n) is 4.15. The Hall–Kier alpha value is -0.610. The lowest BCUT2D eigenvalue weighted by Gasteiger charge is -2.35. The van der Waals surface area contributed by atoms with E-state index in [4.69, 9.17) is 5.84 Å². The minimum absolute atomic E-state index is 0.0347. The summed E-state index contributed by atoms with van der Waals surface area (Å²) in [6.07, 6.45) is 3.21. The monoisotopic (exact) mass is 199 g/mol. The molecular weight excluding hydrogens is 178 g/mol.